The third kappa shape index (κ3) is 3.91. The van der Waals surface area contributed by atoms with Gasteiger partial charge < -0.3 is 0 Å². The normalized spacial score (nSPS) is 11.3. The van der Waals surface area contributed by atoms with Gasteiger partial charge in [-0.2, -0.15) is 5.10 Å². The first-order valence-corrected chi connectivity index (χ1v) is 10.5. The molecule has 29 heavy (non-hydrogen) atoms. The van der Waals surface area contributed by atoms with Gasteiger partial charge in [0.15, 0.2) is 10.8 Å². The highest BCUT2D eigenvalue weighted by molar-refractivity contribution is 7.22. The van der Waals surface area contributed by atoms with Crippen LogP contribution in [0.25, 0.3) is 10.2 Å². The number of carbonyl (C=O) groups excluding carboxylic acids is 1. The summed E-state index contributed by atoms with van der Waals surface area (Å²) in [5, 5.41) is 5.08. The number of aryl methyl sites for hydroxylation is 1. The van der Waals surface area contributed by atoms with Crippen LogP contribution >= 0.6 is 11.3 Å². The van der Waals surface area contributed by atoms with Crippen molar-refractivity contribution >= 4 is 32.6 Å². The molecule has 0 radical (unpaired) electrons. The number of anilines is 1. The summed E-state index contributed by atoms with van der Waals surface area (Å²) in [6.45, 7) is 7.42. The van der Waals surface area contributed by atoms with Crippen LogP contribution in [0.1, 0.15) is 48.3 Å². The Hall–Kier alpha value is -3.06. The minimum absolute atomic E-state index is 0.161. The maximum atomic E-state index is 13.4. The van der Waals surface area contributed by atoms with Gasteiger partial charge in [0.1, 0.15) is 0 Å². The van der Waals surface area contributed by atoms with Gasteiger partial charge in [0.2, 0.25) is 0 Å². The number of thiazole rings is 1. The Morgan fingerprint density at radius 3 is 2.76 bits per heavy atom. The van der Waals surface area contributed by atoms with Crippen LogP contribution in [0, 0.1) is 0 Å². The molecule has 0 saturated heterocycles. The van der Waals surface area contributed by atoms with Crippen LogP contribution in [-0.2, 0) is 13.1 Å². The topological polar surface area (TPSA) is 63.9 Å². The second-order valence-corrected chi connectivity index (χ2v) is 8.16. The second kappa shape index (κ2) is 8.13. The van der Waals surface area contributed by atoms with Crippen LogP contribution in [0.2, 0.25) is 0 Å². The van der Waals surface area contributed by atoms with Crippen molar-refractivity contribution in [1.29, 1.82) is 0 Å². The fraction of sp³-hybridized carbons (Fsp3) is 0.273. The van der Waals surface area contributed by atoms with E-state index < -0.39 is 0 Å². The van der Waals surface area contributed by atoms with E-state index >= 15 is 0 Å². The van der Waals surface area contributed by atoms with Crippen LogP contribution < -0.4 is 4.90 Å². The maximum absolute atomic E-state index is 13.4. The highest BCUT2D eigenvalue weighted by atomic mass is 32.1. The average Bonchev–Trinajstić information content (AvgIpc) is 3.38. The van der Waals surface area contributed by atoms with Crippen LogP contribution in [0.15, 0.2) is 55.0 Å². The number of para-hydroxylation sites is 1. The summed E-state index contributed by atoms with van der Waals surface area (Å²) in [5.41, 5.74) is 3.51. The molecule has 6 nitrogen and oxygen atoms in total. The van der Waals surface area contributed by atoms with E-state index in [1.165, 1.54) is 16.9 Å². The lowest BCUT2D eigenvalue weighted by Gasteiger charge is -2.18. The highest BCUT2D eigenvalue weighted by Gasteiger charge is 2.24. The SMILES string of the molecule is CCn1ccc(C(=O)N(Cc2cccnc2)c2nc3c(C(C)C)cccc3s2)n1. The number of benzene rings is 1. The molecule has 0 bridgehead atoms. The van der Waals surface area contributed by atoms with Gasteiger partial charge in [-0.25, -0.2) is 4.98 Å². The first-order valence-electron chi connectivity index (χ1n) is 9.70. The lowest BCUT2D eigenvalue weighted by molar-refractivity contribution is 0.0979. The average molecular weight is 406 g/mol. The zero-order valence-corrected chi connectivity index (χ0v) is 17.6. The monoisotopic (exact) mass is 405 g/mol. The Bertz CT molecular complexity index is 1130. The minimum Gasteiger partial charge on any atom is -0.278 e. The zero-order valence-electron chi connectivity index (χ0n) is 16.7. The Morgan fingerprint density at radius 2 is 2.07 bits per heavy atom. The third-order valence-corrected chi connectivity index (χ3v) is 5.83. The molecule has 1 aromatic carbocycles. The first-order chi connectivity index (χ1) is 14.1. The third-order valence-electron chi connectivity index (χ3n) is 4.78. The Balaban J connectivity index is 1.78. The van der Waals surface area contributed by atoms with Crippen molar-refractivity contribution in [3.05, 3.63) is 71.8 Å². The van der Waals surface area contributed by atoms with Crippen LogP contribution in [0.3, 0.4) is 0 Å². The van der Waals surface area contributed by atoms with Gasteiger partial charge in [0.05, 0.1) is 16.8 Å². The summed E-state index contributed by atoms with van der Waals surface area (Å²) in [7, 11) is 0. The van der Waals surface area contributed by atoms with Crippen molar-refractivity contribution < 1.29 is 4.79 Å². The van der Waals surface area contributed by atoms with Crippen LogP contribution in [0.5, 0.6) is 0 Å². The molecular weight excluding hydrogens is 382 g/mol. The fourth-order valence-corrected chi connectivity index (χ4v) is 4.23. The Labute approximate surface area is 173 Å². The number of hydrogen-bond acceptors (Lipinski definition) is 5. The van der Waals surface area contributed by atoms with E-state index in [1.807, 2.05) is 25.3 Å². The molecule has 0 atom stereocenters. The second-order valence-electron chi connectivity index (χ2n) is 7.15. The molecule has 4 rings (SSSR count). The fourth-order valence-electron chi connectivity index (χ4n) is 3.23. The molecule has 148 valence electrons. The van der Waals surface area contributed by atoms with E-state index in [1.54, 1.807) is 28.0 Å². The smallest absolute Gasteiger partial charge is 0.278 e. The molecule has 0 N–H and O–H groups in total. The van der Waals surface area contributed by atoms with E-state index in [9.17, 15) is 4.79 Å². The summed E-state index contributed by atoms with van der Waals surface area (Å²) in [4.78, 5) is 24.1. The summed E-state index contributed by atoms with van der Waals surface area (Å²) in [6, 6.07) is 11.8. The van der Waals surface area contributed by atoms with E-state index in [4.69, 9.17) is 4.98 Å². The summed E-state index contributed by atoms with van der Waals surface area (Å²) in [5.74, 6) is 0.197. The van der Waals surface area contributed by atoms with Crippen molar-refractivity contribution in [3.63, 3.8) is 0 Å². The largest absolute Gasteiger partial charge is 0.280 e. The van der Waals surface area contributed by atoms with Gasteiger partial charge in [-0.3, -0.25) is 19.4 Å². The molecule has 0 aliphatic heterocycles. The highest BCUT2D eigenvalue weighted by Crippen LogP contribution is 2.34. The lowest BCUT2D eigenvalue weighted by Crippen LogP contribution is -2.30. The molecule has 0 unspecified atom stereocenters. The minimum atomic E-state index is -0.161. The van der Waals surface area contributed by atoms with Crippen molar-refractivity contribution in [2.75, 3.05) is 4.90 Å². The van der Waals surface area contributed by atoms with Crippen molar-refractivity contribution in [1.82, 2.24) is 19.7 Å². The Kier molecular flexibility index (Phi) is 5.40. The Morgan fingerprint density at radius 1 is 1.21 bits per heavy atom. The predicted molar refractivity (Wildman–Crippen MR) is 116 cm³/mol. The number of nitrogens with zero attached hydrogens (tertiary/aromatic N) is 5. The summed E-state index contributed by atoms with van der Waals surface area (Å²) in [6.07, 6.45) is 5.33. The van der Waals surface area contributed by atoms with Crippen LogP contribution in [0.4, 0.5) is 5.13 Å². The molecule has 3 aromatic heterocycles. The van der Waals surface area contributed by atoms with Gasteiger partial charge in [-0.15, -0.1) is 0 Å². The molecule has 7 heteroatoms. The number of aromatic nitrogens is 4. The standard InChI is InChI=1S/C22H23N5OS/c1-4-26-12-10-18(25-26)21(28)27(14-16-7-6-11-23-13-16)22-24-20-17(15(2)3)8-5-9-19(20)29-22/h5-13,15H,4,14H2,1-3H3. The molecule has 1 amide bonds. The molecule has 3 heterocycles. The van der Waals surface area contributed by atoms with Crippen molar-refractivity contribution in [3.8, 4) is 0 Å². The first kappa shape index (κ1) is 19.3. The van der Waals surface area contributed by atoms with Crippen molar-refractivity contribution in [2.45, 2.75) is 39.8 Å². The number of amides is 1. The summed E-state index contributed by atoms with van der Waals surface area (Å²) < 4.78 is 2.83. The molecule has 0 aliphatic carbocycles. The van der Waals surface area contributed by atoms with Gasteiger partial charge in [0.25, 0.3) is 5.91 Å². The summed E-state index contributed by atoms with van der Waals surface area (Å²) >= 11 is 1.53. The van der Waals surface area contributed by atoms with E-state index in [0.717, 1.165) is 22.3 Å². The quantitative estimate of drug-likeness (QED) is 0.459. The van der Waals surface area contributed by atoms with E-state index in [0.29, 0.717) is 23.3 Å². The van der Waals surface area contributed by atoms with Gasteiger partial charge in [0, 0.05) is 25.1 Å². The van der Waals surface area contributed by atoms with Gasteiger partial charge >= 0.3 is 0 Å². The number of carbonyl (C=O) groups is 1. The number of rotatable bonds is 6. The molecular formula is C22H23N5OS. The number of fused-ring (bicyclic) bond motifs is 1. The van der Waals surface area contributed by atoms with E-state index in [2.05, 4.69) is 42.1 Å². The van der Waals surface area contributed by atoms with Gasteiger partial charge in [-0.05, 0) is 42.2 Å². The van der Waals surface area contributed by atoms with Gasteiger partial charge in [-0.1, -0.05) is 43.4 Å². The molecule has 4 aromatic rings. The lowest BCUT2D eigenvalue weighted by atomic mass is 10.0. The predicted octanol–water partition coefficient (Wildman–Crippen LogP) is 4.88. The molecule has 0 spiro atoms. The van der Waals surface area contributed by atoms with Crippen molar-refractivity contribution in [2.24, 2.45) is 0 Å². The zero-order chi connectivity index (χ0) is 20.4. The number of hydrogen-bond donors (Lipinski definition) is 0. The van der Waals surface area contributed by atoms with E-state index in [-0.39, 0.29) is 5.91 Å². The molecule has 0 aliphatic rings. The molecule has 0 saturated carbocycles. The number of pyridine rings is 1. The maximum Gasteiger partial charge on any atom is 0.280 e. The van der Waals surface area contributed by atoms with Crippen LogP contribution in [-0.4, -0.2) is 25.7 Å². The molecule has 0 fully saturated rings.